The number of rotatable bonds is 9. The van der Waals surface area contributed by atoms with Crippen LogP contribution in [0, 0.1) is 0 Å². The van der Waals surface area contributed by atoms with Gasteiger partial charge in [-0.25, -0.2) is 9.78 Å². The smallest absolute Gasteiger partial charge is 0.315 e. The number of amides is 2. The average Bonchev–Trinajstić information content (AvgIpc) is 3.51. The Balaban J connectivity index is 1.32. The highest BCUT2D eigenvalue weighted by Crippen LogP contribution is 2.28. The predicted molar refractivity (Wildman–Crippen MR) is 139 cm³/mol. The van der Waals surface area contributed by atoms with E-state index in [1.54, 1.807) is 7.11 Å². The normalized spacial score (nSPS) is 16.0. The summed E-state index contributed by atoms with van der Waals surface area (Å²) in [5.41, 5.74) is 1.01. The fourth-order valence-corrected chi connectivity index (χ4v) is 4.54. The van der Waals surface area contributed by atoms with Crippen molar-refractivity contribution in [1.82, 2.24) is 35.4 Å². The number of carbonyl (C=O) groups is 1. The van der Waals surface area contributed by atoms with E-state index < -0.39 is 0 Å². The van der Waals surface area contributed by atoms with E-state index in [0.29, 0.717) is 38.0 Å². The van der Waals surface area contributed by atoms with Gasteiger partial charge in [-0.1, -0.05) is 0 Å². The molecule has 12 heteroatoms. The lowest BCUT2D eigenvalue weighted by molar-refractivity contribution is 0.194. The van der Waals surface area contributed by atoms with Gasteiger partial charge in [0.2, 0.25) is 5.95 Å². The Kier molecular flexibility index (Phi) is 7.03. The van der Waals surface area contributed by atoms with Crippen LogP contribution in [0.2, 0.25) is 0 Å². The number of fused-ring (bicyclic) bond motifs is 1. The number of hydrogen-bond donors (Lipinski definition) is 3. The topological polar surface area (TPSA) is 125 Å². The Morgan fingerprint density at radius 1 is 1.11 bits per heavy atom. The highest BCUT2D eigenvalue weighted by atomic mass is 16.5. The fraction of sp³-hybridized carbons (Fsp3) is 0.542. The molecule has 2 saturated heterocycles. The number of carbonyl (C=O) groups excluding carboxylic acids is 1. The zero-order chi connectivity index (χ0) is 25.1. The molecule has 0 atom stereocenters. The third-order valence-corrected chi connectivity index (χ3v) is 6.47. The Hall–Kier alpha value is -3.67. The number of pyridine rings is 1. The van der Waals surface area contributed by atoms with Crippen LogP contribution in [-0.4, -0.2) is 83.2 Å². The van der Waals surface area contributed by atoms with Gasteiger partial charge in [-0.3, -0.25) is 4.68 Å². The average molecular weight is 495 g/mol. The van der Waals surface area contributed by atoms with E-state index in [1.807, 2.05) is 29.2 Å². The second kappa shape index (κ2) is 10.5. The van der Waals surface area contributed by atoms with Crippen LogP contribution in [0.3, 0.4) is 0 Å². The summed E-state index contributed by atoms with van der Waals surface area (Å²) in [5.74, 6) is 2.92. The van der Waals surface area contributed by atoms with E-state index >= 15 is 0 Å². The molecular formula is C24H34N10O2. The second-order valence-corrected chi connectivity index (χ2v) is 9.53. The van der Waals surface area contributed by atoms with Crippen molar-refractivity contribution < 1.29 is 9.53 Å². The summed E-state index contributed by atoms with van der Waals surface area (Å²) >= 11 is 0. The molecule has 12 nitrogen and oxygen atoms in total. The van der Waals surface area contributed by atoms with Gasteiger partial charge in [0, 0.05) is 69.6 Å². The third kappa shape index (κ3) is 5.27. The summed E-state index contributed by atoms with van der Waals surface area (Å²) in [6, 6.07) is 4.15. The number of anilines is 4. The molecule has 2 amide bonds. The minimum Gasteiger partial charge on any atom is -0.383 e. The molecule has 0 aliphatic carbocycles. The van der Waals surface area contributed by atoms with Gasteiger partial charge < -0.3 is 30.5 Å². The van der Waals surface area contributed by atoms with E-state index in [-0.39, 0.29) is 18.1 Å². The number of hydrogen-bond acceptors (Lipinski definition) is 9. The van der Waals surface area contributed by atoms with Crippen LogP contribution < -0.4 is 25.8 Å². The van der Waals surface area contributed by atoms with Gasteiger partial charge >= 0.3 is 6.03 Å². The maximum Gasteiger partial charge on any atom is 0.315 e. The molecule has 2 aliphatic rings. The minimum absolute atomic E-state index is 0.0644. The van der Waals surface area contributed by atoms with Crippen LogP contribution in [0.25, 0.3) is 10.9 Å². The Bertz CT molecular complexity index is 1200. The maximum atomic E-state index is 12.0. The van der Waals surface area contributed by atoms with Crippen molar-refractivity contribution in [3.8, 4) is 0 Å². The molecule has 0 radical (unpaired) electrons. The second-order valence-electron chi connectivity index (χ2n) is 9.53. The SMILES string of the molecule is COCCNC(=O)NC1CN(c2cc(N3CCCC3)nc(Nc3cc4c(cn3)cnn4C(C)C)n2)C1. The van der Waals surface area contributed by atoms with Crippen LogP contribution in [-0.2, 0) is 4.74 Å². The first-order valence-corrected chi connectivity index (χ1v) is 12.5. The Morgan fingerprint density at radius 3 is 2.58 bits per heavy atom. The molecule has 2 aliphatic heterocycles. The molecule has 0 bridgehead atoms. The van der Waals surface area contributed by atoms with Gasteiger partial charge in [-0.15, -0.1) is 0 Å². The number of urea groups is 1. The van der Waals surface area contributed by atoms with Crippen LogP contribution in [0.5, 0.6) is 0 Å². The molecule has 192 valence electrons. The van der Waals surface area contributed by atoms with E-state index in [2.05, 4.69) is 49.7 Å². The zero-order valence-corrected chi connectivity index (χ0v) is 21.1. The summed E-state index contributed by atoms with van der Waals surface area (Å²) in [6.07, 6.45) is 5.97. The molecule has 0 spiro atoms. The molecule has 36 heavy (non-hydrogen) atoms. The minimum atomic E-state index is -0.179. The molecule has 0 unspecified atom stereocenters. The van der Waals surface area contributed by atoms with E-state index in [9.17, 15) is 4.79 Å². The van der Waals surface area contributed by atoms with Crippen LogP contribution in [0.4, 0.5) is 28.2 Å². The van der Waals surface area contributed by atoms with Crippen molar-refractivity contribution in [1.29, 1.82) is 0 Å². The molecule has 0 aromatic carbocycles. The quantitative estimate of drug-likeness (QED) is 0.384. The largest absolute Gasteiger partial charge is 0.383 e. The van der Waals surface area contributed by atoms with Crippen molar-refractivity contribution >= 4 is 40.3 Å². The lowest BCUT2D eigenvalue weighted by atomic mass is 10.1. The molecule has 3 aromatic rings. The number of aromatic nitrogens is 5. The lowest BCUT2D eigenvalue weighted by Gasteiger charge is -2.40. The molecule has 2 fully saturated rings. The van der Waals surface area contributed by atoms with Crippen LogP contribution >= 0.6 is 0 Å². The van der Waals surface area contributed by atoms with Crippen LogP contribution in [0.1, 0.15) is 32.7 Å². The molecule has 5 rings (SSSR count). The summed E-state index contributed by atoms with van der Waals surface area (Å²) in [4.78, 5) is 30.6. The highest BCUT2D eigenvalue weighted by molar-refractivity contribution is 5.81. The lowest BCUT2D eigenvalue weighted by Crippen LogP contribution is -2.61. The van der Waals surface area contributed by atoms with Gasteiger partial charge in [-0.05, 0) is 26.7 Å². The predicted octanol–water partition coefficient (Wildman–Crippen LogP) is 2.28. The third-order valence-electron chi connectivity index (χ3n) is 6.47. The van der Waals surface area contributed by atoms with E-state index in [4.69, 9.17) is 14.7 Å². The molecular weight excluding hydrogens is 460 g/mol. The zero-order valence-electron chi connectivity index (χ0n) is 21.1. The van der Waals surface area contributed by atoms with Crippen molar-refractivity contribution in [3.63, 3.8) is 0 Å². The Morgan fingerprint density at radius 2 is 1.86 bits per heavy atom. The van der Waals surface area contributed by atoms with E-state index in [0.717, 1.165) is 48.5 Å². The first-order valence-electron chi connectivity index (χ1n) is 12.5. The molecule has 5 heterocycles. The van der Waals surface area contributed by atoms with Crippen molar-refractivity contribution in [3.05, 3.63) is 24.5 Å². The van der Waals surface area contributed by atoms with E-state index in [1.165, 1.54) is 0 Å². The standard InChI is InChI=1S/C24H34N10O2/c1-16(2)34-19-10-20(26-12-17(19)13-27-34)29-23-30-21(32-7-4-5-8-32)11-22(31-23)33-14-18(15-33)28-24(35)25-6-9-36-3/h10-13,16,18H,4-9,14-15H2,1-3H3,(H2,25,28,35)(H,26,29,30,31). The van der Waals surface area contributed by atoms with Crippen LogP contribution in [0.15, 0.2) is 24.5 Å². The monoisotopic (exact) mass is 494 g/mol. The fourth-order valence-electron chi connectivity index (χ4n) is 4.54. The van der Waals surface area contributed by atoms with Crippen molar-refractivity contribution in [2.75, 3.05) is 61.6 Å². The molecule has 3 aromatic heterocycles. The number of ether oxygens (including phenoxy) is 1. The molecule has 0 saturated carbocycles. The van der Waals surface area contributed by atoms with Gasteiger partial charge in [0.1, 0.15) is 17.5 Å². The number of nitrogens with zero attached hydrogens (tertiary/aromatic N) is 7. The highest BCUT2D eigenvalue weighted by Gasteiger charge is 2.30. The van der Waals surface area contributed by atoms with Gasteiger partial charge in [-0.2, -0.15) is 15.1 Å². The van der Waals surface area contributed by atoms with Gasteiger partial charge in [0.15, 0.2) is 0 Å². The van der Waals surface area contributed by atoms with Crippen molar-refractivity contribution in [2.45, 2.75) is 38.8 Å². The number of methoxy groups -OCH3 is 1. The summed E-state index contributed by atoms with van der Waals surface area (Å²) in [5, 5.41) is 14.6. The van der Waals surface area contributed by atoms with Gasteiger partial charge in [0.05, 0.1) is 24.4 Å². The first-order chi connectivity index (χ1) is 17.5. The summed E-state index contributed by atoms with van der Waals surface area (Å²) in [6.45, 7) is 8.52. The Labute approximate surface area is 210 Å². The first kappa shape index (κ1) is 24.0. The molecule has 3 N–H and O–H groups in total. The summed E-state index contributed by atoms with van der Waals surface area (Å²) in [7, 11) is 1.61. The van der Waals surface area contributed by atoms with Crippen molar-refractivity contribution in [2.24, 2.45) is 0 Å². The van der Waals surface area contributed by atoms with Gasteiger partial charge in [0.25, 0.3) is 0 Å². The number of nitrogens with one attached hydrogen (secondary N) is 3. The maximum absolute atomic E-state index is 12.0. The summed E-state index contributed by atoms with van der Waals surface area (Å²) < 4.78 is 6.95.